The van der Waals surface area contributed by atoms with Gasteiger partial charge < -0.3 is 14.3 Å². The number of aryl methyl sites for hydroxylation is 1. The van der Waals surface area contributed by atoms with Crippen LogP contribution in [0.3, 0.4) is 0 Å². The quantitative estimate of drug-likeness (QED) is 0.781. The lowest BCUT2D eigenvalue weighted by Crippen LogP contribution is -2.10. The van der Waals surface area contributed by atoms with Crippen LogP contribution < -0.4 is 5.32 Å². The summed E-state index contributed by atoms with van der Waals surface area (Å²) in [5.74, 6) is 1.69. The summed E-state index contributed by atoms with van der Waals surface area (Å²) < 4.78 is 7.66. The van der Waals surface area contributed by atoms with Crippen molar-refractivity contribution in [2.75, 3.05) is 7.05 Å². The van der Waals surface area contributed by atoms with Crippen LogP contribution in [0.15, 0.2) is 28.8 Å². The van der Waals surface area contributed by atoms with Crippen molar-refractivity contribution >= 4 is 11.1 Å². The predicted octanol–water partition coefficient (Wildman–Crippen LogP) is 2.26. The SMILES string of the molecule is CNCc1ncc(-c2ccc3nc(C)oc3c2)n1C. The van der Waals surface area contributed by atoms with Crippen molar-refractivity contribution in [3.05, 3.63) is 36.1 Å². The van der Waals surface area contributed by atoms with E-state index in [0.29, 0.717) is 5.89 Å². The second-order valence-electron chi connectivity index (χ2n) is 4.56. The molecule has 0 saturated heterocycles. The Labute approximate surface area is 111 Å². The molecule has 0 aliphatic heterocycles. The number of hydrogen-bond acceptors (Lipinski definition) is 4. The van der Waals surface area contributed by atoms with Crippen LogP contribution in [0.4, 0.5) is 0 Å². The lowest BCUT2D eigenvalue weighted by Gasteiger charge is -2.05. The number of rotatable bonds is 3. The summed E-state index contributed by atoms with van der Waals surface area (Å²) in [5.41, 5.74) is 3.85. The molecule has 0 aliphatic rings. The Bertz CT molecular complexity index is 726. The van der Waals surface area contributed by atoms with Gasteiger partial charge in [0.05, 0.1) is 18.4 Å². The highest BCUT2D eigenvalue weighted by molar-refractivity contribution is 5.79. The average molecular weight is 256 g/mol. The Kier molecular flexibility index (Phi) is 2.83. The summed E-state index contributed by atoms with van der Waals surface area (Å²) in [7, 11) is 3.93. The van der Waals surface area contributed by atoms with Crippen LogP contribution in [0, 0.1) is 6.92 Å². The van der Waals surface area contributed by atoms with E-state index in [-0.39, 0.29) is 0 Å². The molecule has 2 heterocycles. The molecule has 0 amide bonds. The molecular formula is C14H16N4O. The molecule has 1 N–H and O–H groups in total. The summed E-state index contributed by atoms with van der Waals surface area (Å²) in [6, 6.07) is 6.03. The van der Waals surface area contributed by atoms with Crippen molar-refractivity contribution in [1.29, 1.82) is 0 Å². The van der Waals surface area contributed by atoms with Crippen LogP contribution >= 0.6 is 0 Å². The number of nitrogens with one attached hydrogen (secondary N) is 1. The van der Waals surface area contributed by atoms with Crippen LogP contribution in [0.25, 0.3) is 22.4 Å². The smallest absolute Gasteiger partial charge is 0.192 e. The first-order valence-corrected chi connectivity index (χ1v) is 6.22. The summed E-state index contributed by atoms with van der Waals surface area (Å²) in [6.45, 7) is 2.61. The molecule has 3 aromatic rings. The predicted molar refractivity (Wildman–Crippen MR) is 73.7 cm³/mol. The number of nitrogens with zero attached hydrogens (tertiary/aromatic N) is 3. The zero-order chi connectivity index (χ0) is 13.4. The van der Waals surface area contributed by atoms with Gasteiger partial charge in [-0.3, -0.25) is 0 Å². The Morgan fingerprint density at radius 1 is 1.37 bits per heavy atom. The van der Waals surface area contributed by atoms with Gasteiger partial charge in [-0.05, 0) is 19.2 Å². The average Bonchev–Trinajstić information content (AvgIpc) is 2.92. The second kappa shape index (κ2) is 4.51. The van der Waals surface area contributed by atoms with Crippen molar-refractivity contribution in [2.24, 2.45) is 7.05 Å². The summed E-state index contributed by atoms with van der Waals surface area (Å²) in [4.78, 5) is 8.73. The molecule has 0 unspecified atom stereocenters. The molecule has 0 radical (unpaired) electrons. The number of hydrogen-bond donors (Lipinski definition) is 1. The maximum Gasteiger partial charge on any atom is 0.192 e. The van der Waals surface area contributed by atoms with Crippen molar-refractivity contribution < 1.29 is 4.42 Å². The van der Waals surface area contributed by atoms with Gasteiger partial charge in [-0.15, -0.1) is 0 Å². The number of benzene rings is 1. The molecule has 2 aromatic heterocycles. The molecule has 0 fully saturated rings. The molecule has 0 atom stereocenters. The lowest BCUT2D eigenvalue weighted by molar-refractivity contribution is 0.561. The number of oxazole rings is 1. The van der Waals surface area contributed by atoms with E-state index in [9.17, 15) is 0 Å². The van der Waals surface area contributed by atoms with Crippen LogP contribution in [0.1, 0.15) is 11.7 Å². The Balaban J connectivity index is 2.08. The molecule has 98 valence electrons. The van der Waals surface area contributed by atoms with Gasteiger partial charge in [0.2, 0.25) is 0 Å². The van der Waals surface area contributed by atoms with Crippen LogP contribution in [0.5, 0.6) is 0 Å². The Hall–Kier alpha value is -2.14. The Morgan fingerprint density at radius 2 is 2.21 bits per heavy atom. The third-order valence-electron chi connectivity index (χ3n) is 3.21. The van der Waals surface area contributed by atoms with Gasteiger partial charge in [0, 0.05) is 19.5 Å². The molecule has 0 aliphatic carbocycles. The number of aromatic nitrogens is 3. The van der Waals surface area contributed by atoms with Crippen LogP contribution in [-0.4, -0.2) is 21.6 Å². The number of fused-ring (bicyclic) bond motifs is 1. The van der Waals surface area contributed by atoms with Gasteiger partial charge in [0.25, 0.3) is 0 Å². The third kappa shape index (κ3) is 2.02. The molecule has 1 aromatic carbocycles. The first-order valence-electron chi connectivity index (χ1n) is 6.22. The van der Waals surface area contributed by atoms with E-state index < -0.39 is 0 Å². The second-order valence-corrected chi connectivity index (χ2v) is 4.56. The molecule has 5 nitrogen and oxygen atoms in total. The highest BCUT2D eigenvalue weighted by Crippen LogP contribution is 2.25. The van der Waals surface area contributed by atoms with Crippen LogP contribution in [-0.2, 0) is 13.6 Å². The van der Waals surface area contributed by atoms with Crippen molar-refractivity contribution in [2.45, 2.75) is 13.5 Å². The summed E-state index contributed by atoms with van der Waals surface area (Å²) in [5, 5.41) is 3.11. The van der Waals surface area contributed by atoms with E-state index >= 15 is 0 Å². The third-order valence-corrected chi connectivity index (χ3v) is 3.21. The molecule has 0 bridgehead atoms. The summed E-state index contributed by atoms with van der Waals surface area (Å²) in [6.07, 6.45) is 1.89. The van der Waals surface area contributed by atoms with Gasteiger partial charge in [-0.25, -0.2) is 9.97 Å². The summed E-state index contributed by atoms with van der Waals surface area (Å²) >= 11 is 0. The number of imidazole rings is 1. The first-order chi connectivity index (χ1) is 9.19. The highest BCUT2D eigenvalue weighted by atomic mass is 16.3. The zero-order valence-electron chi connectivity index (χ0n) is 11.3. The minimum Gasteiger partial charge on any atom is -0.441 e. The molecule has 5 heteroatoms. The first kappa shape index (κ1) is 11.9. The topological polar surface area (TPSA) is 55.9 Å². The monoisotopic (exact) mass is 256 g/mol. The van der Waals surface area contributed by atoms with Crippen molar-refractivity contribution in [1.82, 2.24) is 19.9 Å². The highest BCUT2D eigenvalue weighted by Gasteiger charge is 2.10. The fourth-order valence-electron chi connectivity index (χ4n) is 2.24. The van der Waals surface area contributed by atoms with E-state index in [1.807, 2.05) is 45.4 Å². The van der Waals surface area contributed by atoms with Crippen molar-refractivity contribution in [3.63, 3.8) is 0 Å². The van der Waals surface area contributed by atoms with Crippen molar-refractivity contribution in [3.8, 4) is 11.3 Å². The standard InChI is InChI=1S/C14H16N4O/c1-9-17-11-5-4-10(6-13(11)19-9)12-7-16-14(8-15-2)18(12)3/h4-7,15H,8H2,1-3H3. The van der Waals surface area contributed by atoms with E-state index in [4.69, 9.17) is 4.42 Å². The lowest BCUT2D eigenvalue weighted by atomic mass is 10.1. The maximum atomic E-state index is 5.57. The molecule has 3 rings (SSSR count). The van der Waals surface area contributed by atoms with Gasteiger partial charge in [-0.1, -0.05) is 6.07 Å². The molecular weight excluding hydrogens is 240 g/mol. The van der Waals surface area contributed by atoms with E-state index in [2.05, 4.69) is 19.9 Å². The van der Waals surface area contributed by atoms with Gasteiger partial charge in [0.1, 0.15) is 11.3 Å². The fourth-order valence-corrected chi connectivity index (χ4v) is 2.24. The molecule has 19 heavy (non-hydrogen) atoms. The van der Waals surface area contributed by atoms with E-state index in [1.54, 1.807) is 0 Å². The fraction of sp³-hybridized carbons (Fsp3) is 0.286. The molecule has 0 saturated carbocycles. The van der Waals surface area contributed by atoms with Gasteiger partial charge in [-0.2, -0.15) is 0 Å². The normalized spacial score (nSPS) is 11.3. The zero-order valence-corrected chi connectivity index (χ0v) is 11.3. The minimum absolute atomic E-state index is 0.688. The van der Waals surface area contributed by atoms with Gasteiger partial charge in [0.15, 0.2) is 11.5 Å². The maximum absolute atomic E-state index is 5.57. The Morgan fingerprint density at radius 3 is 3.00 bits per heavy atom. The molecule has 0 spiro atoms. The van der Waals surface area contributed by atoms with Crippen LogP contribution in [0.2, 0.25) is 0 Å². The van der Waals surface area contributed by atoms with Gasteiger partial charge >= 0.3 is 0 Å². The van der Waals surface area contributed by atoms with E-state index in [1.165, 1.54) is 0 Å². The van der Waals surface area contributed by atoms with E-state index in [0.717, 1.165) is 34.7 Å². The largest absolute Gasteiger partial charge is 0.441 e. The minimum atomic E-state index is 0.688.